The Morgan fingerprint density at radius 2 is 2.07 bits per heavy atom. The summed E-state index contributed by atoms with van der Waals surface area (Å²) < 4.78 is 5.05. The summed E-state index contributed by atoms with van der Waals surface area (Å²) in [6, 6.07) is 1.17. The zero-order valence-electron chi connectivity index (χ0n) is 15.7. The van der Waals surface area contributed by atoms with Crippen molar-refractivity contribution in [2.45, 2.75) is 57.4 Å². The van der Waals surface area contributed by atoms with Crippen LogP contribution >= 0.6 is 11.3 Å². The van der Waals surface area contributed by atoms with Crippen LogP contribution in [0.4, 0.5) is 4.79 Å². The van der Waals surface area contributed by atoms with Crippen LogP contribution in [-0.2, 0) is 27.2 Å². The van der Waals surface area contributed by atoms with E-state index in [0.29, 0.717) is 28.6 Å². The Morgan fingerprint density at radius 3 is 2.79 bits per heavy atom. The molecule has 1 aliphatic heterocycles. The van der Waals surface area contributed by atoms with Gasteiger partial charge in [-0.3, -0.25) is 15.0 Å². The van der Waals surface area contributed by atoms with E-state index >= 15 is 0 Å². The fraction of sp³-hybridized carbons (Fsp3) is 0.579. The van der Waals surface area contributed by atoms with Crippen LogP contribution in [0, 0.1) is 5.92 Å². The summed E-state index contributed by atoms with van der Waals surface area (Å²) >= 11 is 1.40. The Balaban J connectivity index is 1.31. The predicted octanol–water partition coefficient (Wildman–Crippen LogP) is 1.93. The van der Waals surface area contributed by atoms with Gasteiger partial charge in [0.15, 0.2) is 6.61 Å². The van der Waals surface area contributed by atoms with Gasteiger partial charge in [-0.2, -0.15) is 5.01 Å². The summed E-state index contributed by atoms with van der Waals surface area (Å²) in [7, 11) is 0. The van der Waals surface area contributed by atoms with Crippen molar-refractivity contribution >= 4 is 35.2 Å². The van der Waals surface area contributed by atoms with E-state index in [2.05, 4.69) is 17.7 Å². The first-order valence-corrected chi connectivity index (χ1v) is 10.4. The molecule has 3 aliphatic rings. The van der Waals surface area contributed by atoms with Gasteiger partial charge in [-0.1, -0.05) is 6.92 Å². The van der Waals surface area contributed by atoms with Crippen molar-refractivity contribution < 1.29 is 23.9 Å². The predicted molar refractivity (Wildman–Crippen MR) is 101 cm³/mol. The number of hydrogen-bond donors (Lipinski definition) is 2. The van der Waals surface area contributed by atoms with Crippen molar-refractivity contribution in [3.05, 3.63) is 21.4 Å². The van der Waals surface area contributed by atoms with Crippen molar-refractivity contribution in [3.63, 3.8) is 0 Å². The van der Waals surface area contributed by atoms with Gasteiger partial charge < -0.3 is 10.1 Å². The molecule has 0 radical (unpaired) electrons. The number of nitrogens with one attached hydrogen (secondary N) is 2. The van der Waals surface area contributed by atoms with E-state index in [4.69, 9.17) is 4.74 Å². The molecule has 1 aromatic rings. The number of carbonyl (C=O) groups is 4. The van der Waals surface area contributed by atoms with Gasteiger partial charge in [-0.25, -0.2) is 9.59 Å². The van der Waals surface area contributed by atoms with Gasteiger partial charge >= 0.3 is 12.0 Å². The molecule has 2 heterocycles. The molecule has 8 nitrogen and oxygen atoms in total. The Bertz CT molecular complexity index is 819. The number of rotatable bonds is 4. The summed E-state index contributed by atoms with van der Waals surface area (Å²) in [6.45, 7) is 1.56. The molecule has 1 aromatic heterocycles. The monoisotopic (exact) mass is 405 g/mol. The van der Waals surface area contributed by atoms with E-state index in [0.717, 1.165) is 32.1 Å². The highest BCUT2D eigenvalue weighted by atomic mass is 32.1. The topological polar surface area (TPSA) is 105 Å². The maximum Gasteiger partial charge on any atom is 0.348 e. The maximum absolute atomic E-state index is 12.7. The molecule has 2 N–H and O–H groups in total. The highest BCUT2D eigenvalue weighted by molar-refractivity contribution is 7.14. The van der Waals surface area contributed by atoms with Crippen LogP contribution in [0.1, 0.15) is 59.1 Å². The molecule has 4 amide bonds. The molecular formula is C19H23N3O5S. The molecule has 2 fully saturated rings. The largest absolute Gasteiger partial charge is 0.451 e. The van der Waals surface area contributed by atoms with E-state index in [1.807, 2.05) is 6.07 Å². The van der Waals surface area contributed by atoms with Gasteiger partial charge in [0.05, 0.1) is 0 Å². The molecule has 1 saturated heterocycles. The standard InChI is InChI=1S/C19H23N3O5S/c1-11-5-7-19(8-6-11)17(25)22(18(26)20-19)21-15(23)10-27-16(24)14-9-12-3-2-4-13(12)28-14/h9,11H,2-8,10H2,1H3,(H,20,26)(H,21,23). The molecule has 150 valence electrons. The van der Waals surface area contributed by atoms with Gasteiger partial charge in [0.2, 0.25) is 0 Å². The number of fused-ring (bicyclic) bond motifs is 1. The van der Waals surface area contributed by atoms with Crippen molar-refractivity contribution in [2.75, 3.05) is 6.61 Å². The highest BCUT2D eigenvalue weighted by Gasteiger charge is 2.52. The number of thiophene rings is 1. The number of nitrogens with zero attached hydrogens (tertiary/aromatic N) is 1. The fourth-order valence-corrected chi connectivity index (χ4v) is 5.25. The Morgan fingerprint density at radius 1 is 1.32 bits per heavy atom. The normalized spacial score (nSPS) is 26.3. The first-order chi connectivity index (χ1) is 13.4. The average molecular weight is 405 g/mol. The SMILES string of the molecule is CC1CCC2(CC1)NC(=O)N(NC(=O)COC(=O)c1cc3c(s1)CCC3)C2=O. The number of carbonyl (C=O) groups excluding carboxylic acids is 4. The van der Waals surface area contributed by atoms with Crippen molar-refractivity contribution in [1.29, 1.82) is 0 Å². The number of urea groups is 1. The minimum atomic E-state index is -0.926. The number of ether oxygens (including phenoxy) is 1. The Hall–Kier alpha value is -2.42. The van der Waals surface area contributed by atoms with E-state index in [1.165, 1.54) is 21.8 Å². The van der Waals surface area contributed by atoms with E-state index in [1.54, 1.807) is 0 Å². The van der Waals surface area contributed by atoms with Crippen molar-refractivity contribution in [1.82, 2.24) is 15.8 Å². The number of esters is 1. The Labute approximate surface area is 166 Å². The lowest BCUT2D eigenvalue weighted by Gasteiger charge is -2.33. The zero-order chi connectivity index (χ0) is 19.9. The van der Waals surface area contributed by atoms with Crippen LogP contribution in [-0.4, -0.2) is 41.0 Å². The number of hydrogen-bond acceptors (Lipinski definition) is 6. The first-order valence-electron chi connectivity index (χ1n) is 9.63. The lowest BCUT2D eigenvalue weighted by molar-refractivity contribution is -0.141. The van der Waals surface area contributed by atoms with Gasteiger partial charge in [0, 0.05) is 4.88 Å². The minimum Gasteiger partial charge on any atom is -0.451 e. The van der Waals surface area contributed by atoms with E-state index in [-0.39, 0.29) is 0 Å². The van der Waals surface area contributed by atoms with Crippen LogP contribution in [0.15, 0.2) is 6.07 Å². The Kier molecular flexibility index (Phi) is 4.86. The molecule has 0 bridgehead atoms. The summed E-state index contributed by atoms with van der Waals surface area (Å²) in [4.78, 5) is 50.8. The molecule has 0 aromatic carbocycles. The van der Waals surface area contributed by atoms with Gasteiger partial charge in [0.1, 0.15) is 10.4 Å². The summed E-state index contributed by atoms with van der Waals surface area (Å²) in [5.74, 6) is -1.22. The molecule has 2 aliphatic carbocycles. The molecule has 0 unspecified atom stereocenters. The van der Waals surface area contributed by atoms with Crippen LogP contribution in [0.3, 0.4) is 0 Å². The third-order valence-corrected chi connectivity index (χ3v) is 7.03. The lowest BCUT2D eigenvalue weighted by atomic mass is 9.77. The zero-order valence-corrected chi connectivity index (χ0v) is 16.5. The number of aryl methyl sites for hydroxylation is 2. The third kappa shape index (κ3) is 3.39. The second-order valence-electron chi connectivity index (χ2n) is 7.86. The van der Waals surface area contributed by atoms with E-state index < -0.39 is 36.0 Å². The van der Waals surface area contributed by atoms with Crippen LogP contribution in [0.5, 0.6) is 0 Å². The summed E-state index contributed by atoms with van der Waals surface area (Å²) in [5, 5.41) is 3.44. The molecule has 1 saturated carbocycles. The molecule has 1 spiro atoms. The average Bonchev–Trinajstić information content (AvgIpc) is 3.32. The lowest BCUT2D eigenvalue weighted by Crippen LogP contribution is -2.52. The fourth-order valence-electron chi connectivity index (χ4n) is 4.10. The molecule has 0 atom stereocenters. The summed E-state index contributed by atoms with van der Waals surface area (Å²) in [5.41, 5.74) is 2.51. The smallest absolute Gasteiger partial charge is 0.348 e. The van der Waals surface area contributed by atoms with Crippen molar-refractivity contribution in [2.24, 2.45) is 5.92 Å². The van der Waals surface area contributed by atoms with Crippen LogP contribution < -0.4 is 10.7 Å². The van der Waals surface area contributed by atoms with Crippen molar-refractivity contribution in [3.8, 4) is 0 Å². The minimum absolute atomic E-state index is 0.446. The quantitative estimate of drug-likeness (QED) is 0.588. The number of imide groups is 1. The van der Waals surface area contributed by atoms with Gasteiger partial charge in [0.25, 0.3) is 11.8 Å². The molecule has 4 rings (SSSR count). The molecule has 9 heteroatoms. The van der Waals surface area contributed by atoms with Crippen LogP contribution in [0.2, 0.25) is 0 Å². The molecular weight excluding hydrogens is 382 g/mol. The number of amides is 4. The highest BCUT2D eigenvalue weighted by Crippen LogP contribution is 2.35. The maximum atomic E-state index is 12.7. The first kappa shape index (κ1) is 18.9. The third-order valence-electron chi connectivity index (χ3n) is 5.81. The van der Waals surface area contributed by atoms with E-state index in [9.17, 15) is 19.2 Å². The van der Waals surface area contributed by atoms with Crippen LogP contribution in [0.25, 0.3) is 0 Å². The number of hydrazine groups is 1. The summed E-state index contributed by atoms with van der Waals surface area (Å²) in [6.07, 6.45) is 5.84. The van der Waals surface area contributed by atoms with Gasteiger partial charge in [-0.15, -0.1) is 11.3 Å². The second kappa shape index (κ2) is 7.20. The van der Waals surface area contributed by atoms with Gasteiger partial charge in [-0.05, 0) is 62.5 Å². The molecule has 28 heavy (non-hydrogen) atoms. The second-order valence-corrected chi connectivity index (χ2v) is 9.00.